The van der Waals surface area contributed by atoms with Crippen molar-refractivity contribution in [2.24, 2.45) is 16.0 Å². The number of aromatic nitrogens is 16. The molecule has 0 radical (unpaired) electrons. The number of hydrogen-bond donors (Lipinski definition) is 7. The first-order chi connectivity index (χ1) is 65.9. The highest BCUT2D eigenvalue weighted by Crippen LogP contribution is 2.41. The summed E-state index contributed by atoms with van der Waals surface area (Å²) in [5, 5.41) is 45.2. The lowest BCUT2D eigenvalue weighted by Crippen LogP contribution is -2.47. The van der Waals surface area contributed by atoms with E-state index in [4.69, 9.17) is 56.3 Å². The number of carbonyl (C=O) groups is 3. The van der Waals surface area contributed by atoms with Crippen molar-refractivity contribution in [3.05, 3.63) is 248 Å². The van der Waals surface area contributed by atoms with Crippen LogP contribution in [0, 0.1) is 20.2 Å². The van der Waals surface area contributed by atoms with Gasteiger partial charge in [0.1, 0.15) is 48.4 Å². The fourth-order valence-corrected chi connectivity index (χ4v) is 21.0. The van der Waals surface area contributed by atoms with Crippen molar-refractivity contribution in [2.75, 3.05) is 28.3 Å². The molecule has 16 atom stereocenters. The highest BCUT2D eigenvalue weighted by atomic mass is 35.7. The van der Waals surface area contributed by atoms with Crippen LogP contribution in [0.25, 0.3) is 65.5 Å². The fraction of sp³-hybridized carbons (Fsp3) is 0.303. The van der Waals surface area contributed by atoms with Gasteiger partial charge in [0.25, 0.3) is 29.1 Å². The average Bonchev–Trinajstić information content (AvgIpc) is 1.64. The summed E-state index contributed by atoms with van der Waals surface area (Å²) in [6.45, 7) is 4.95. The van der Waals surface area contributed by atoms with E-state index in [0.717, 1.165) is 48.5 Å². The molecule has 0 saturated carbocycles. The topological polar surface area (TPSA) is 653 Å². The maximum atomic E-state index is 15.8. The van der Waals surface area contributed by atoms with Crippen LogP contribution in [0.15, 0.2) is 200 Å². The second-order valence-corrected chi connectivity index (χ2v) is 39.0. The largest absolute Gasteiger partial charge is 0.401 e. The van der Waals surface area contributed by atoms with Crippen molar-refractivity contribution in [3.8, 4) is 11.5 Å². The van der Waals surface area contributed by atoms with Gasteiger partial charge in [-0.3, -0.25) is 52.9 Å². The van der Waals surface area contributed by atoms with Crippen molar-refractivity contribution in [1.29, 1.82) is 0 Å². The predicted molar refractivity (Wildman–Crippen MR) is 498 cm³/mol. The number of aliphatic hydroxyl groups is 1. The number of nitro benzene ring substituents is 2. The van der Waals surface area contributed by atoms with Gasteiger partial charge in [0.15, 0.2) is 112 Å². The van der Waals surface area contributed by atoms with E-state index >= 15 is 4.39 Å². The number of halogens is 5. The summed E-state index contributed by atoms with van der Waals surface area (Å²) < 4.78 is 146. The molecule has 4 aliphatic heterocycles. The Bertz CT molecular complexity index is 7030. The summed E-state index contributed by atoms with van der Waals surface area (Å²) in [5.74, 6) is -0.653. The number of nitro groups is 2. The molecule has 0 aliphatic carbocycles. The van der Waals surface area contributed by atoms with E-state index in [1.165, 1.54) is 104 Å². The molecule has 61 heteroatoms. The Morgan fingerprint density at radius 1 is 0.504 bits per heavy atom. The van der Waals surface area contributed by atoms with E-state index < -0.39 is 134 Å². The Labute approximate surface area is 795 Å². The molecule has 718 valence electrons. The smallest absolute Gasteiger partial charge is 0.394 e. The molecular weight excluding hydrogens is 1990 g/mol. The lowest BCUT2D eigenvalue weighted by atomic mass is 10.1. The molecule has 137 heavy (non-hydrogen) atoms. The SMILES string of the molecule is CC[C@H]1O[C@@H](n2cnc3c(NC(=O)c4ccccc4)ncnc32)[C@H](F)[C@@H]1N.CC[C@H]1O[C@@H](n2cnc3c(NC(=O)c4ccccc4)ncnc32)[C@H](F)[C@@H]1N=[N+]=[N-].CC[C@H]1O[C@@H](n2cnc3c(NC(=O)c4ccccc4)ncnc32)[C@H](F)[C@@H]1NS(=O)(=O)Oc1ccc([N+](=O)[O-])cc1.O=[N+]([O-])c1ccc(OS(=O)(=O)Cl)cc1.S=S=S=S=S=S.[N-]=[N+]=N[C@H]1[C@@H](F)[C@H](n2cnc3c(N)ncnc32)O[C@@H]1CO. The second-order valence-electron chi connectivity index (χ2n) is 28.5. The van der Waals surface area contributed by atoms with Gasteiger partial charge in [-0.2, -0.15) is 21.6 Å². The van der Waals surface area contributed by atoms with E-state index in [9.17, 15) is 69.7 Å². The summed E-state index contributed by atoms with van der Waals surface area (Å²) in [5.41, 5.74) is 32.0. The van der Waals surface area contributed by atoms with Gasteiger partial charge in [-0.15, -0.1) is 0 Å². The number of nitrogen functional groups attached to an aromatic ring is 1. The summed E-state index contributed by atoms with van der Waals surface area (Å²) in [7, 11) is 1.77. The van der Waals surface area contributed by atoms with E-state index in [-0.39, 0.29) is 81.6 Å². The third kappa shape index (κ3) is 25.0. The molecule has 4 aliphatic rings. The molecule has 5 aromatic carbocycles. The quantitative estimate of drug-likeness (QED) is 0.00562. The predicted octanol–water partition coefficient (Wildman–Crippen LogP) is 10.1. The maximum Gasteiger partial charge on any atom is 0.401 e. The average molecular weight is 2060 g/mol. The number of benzene rings is 5. The number of hydrogen-bond acceptors (Lipinski definition) is 36. The van der Waals surface area contributed by atoms with Crippen LogP contribution in [0.5, 0.6) is 11.5 Å². The number of aliphatic hydroxyl groups excluding tert-OH is 1. The van der Waals surface area contributed by atoms with Gasteiger partial charge in [0, 0.05) is 109 Å². The number of carbonyl (C=O) groups excluding carboxylic acids is 3. The normalized spacial score (nSPS) is 21.8. The zero-order valence-corrected chi connectivity index (χ0v) is 77.7. The number of ether oxygens (including phenoxy) is 4. The maximum absolute atomic E-state index is 15.8. The number of anilines is 4. The van der Waals surface area contributed by atoms with Crippen molar-refractivity contribution in [1.82, 2.24) is 82.8 Å². The molecule has 17 rings (SSSR count). The lowest BCUT2D eigenvalue weighted by Gasteiger charge is -2.19. The van der Waals surface area contributed by atoms with Crippen LogP contribution in [-0.4, -0.2) is 207 Å². The Kier molecular flexibility index (Phi) is 35.4. The van der Waals surface area contributed by atoms with E-state index in [1.807, 2.05) is 26.0 Å². The summed E-state index contributed by atoms with van der Waals surface area (Å²) in [6.07, 6.45) is -1.92. The van der Waals surface area contributed by atoms with E-state index in [2.05, 4.69) is 127 Å². The first-order valence-electron chi connectivity index (χ1n) is 39.8. The molecule has 4 saturated heterocycles. The minimum atomic E-state index is -4.55. The molecule has 12 heterocycles. The number of imidazole rings is 4. The van der Waals surface area contributed by atoms with Crippen LogP contribution in [0.3, 0.4) is 0 Å². The molecule has 0 bridgehead atoms. The Balaban J connectivity index is 0.000000156. The van der Waals surface area contributed by atoms with E-state index in [0.29, 0.717) is 63.0 Å². The number of alkyl halides is 4. The summed E-state index contributed by atoms with van der Waals surface area (Å²) in [4.78, 5) is 112. The number of azide groups is 2. The fourth-order valence-electron chi connectivity index (χ4n) is 14.0. The number of fused-ring (bicyclic) bond motifs is 4. The highest BCUT2D eigenvalue weighted by molar-refractivity contribution is 8.64. The van der Waals surface area contributed by atoms with Gasteiger partial charge >= 0.3 is 19.6 Å². The summed E-state index contributed by atoms with van der Waals surface area (Å²) >= 11 is 9.03. The molecule has 48 nitrogen and oxygen atoms in total. The van der Waals surface area contributed by atoms with Crippen molar-refractivity contribution in [3.63, 3.8) is 0 Å². The molecule has 13 aromatic rings. The first kappa shape index (κ1) is 102. The molecule has 8 aromatic heterocycles. The molecular formula is C76H73ClF4N30O18S8. The van der Waals surface area contributed by atoms with Crippen molar-refractivity contribution >= 4 is 185 Å². The molecule has 0 unspecified atom stereocenters. The van der Waals surface area contributed by atoms with Gasteiger partial charge < -0.3 is 59.8 Å². The first-order valence-corrected chi connectivity index (χ1v) is 50.1. The van der Waals surface area contributed by atoms with Crippen molar-refractivity contribution in [2.45, 2.75) is 138 Å². The zero-order valence-electron chi connectivity index (χ0n) is 70.4. The van der Waals surface area contributed by atoms with Crippen LogP contribution in [-0.2, 0) is 96.5 Å². The number of amides is 3. The number of nitrogens with two attached hydrogens (primary N) is 2. The third-order valence-electron chi connectivity index (χ3n) is 20.3. The van der Waals surface area contributed by atoms with Crippen LogP contribution in [0.2, 0.25) is 0 Å². The zero-order chi connectivity index (χ0) is 98.4. The van der Waals surface area contributed by atoms with Gasteiger partial charge in [0.05, 0.1) is 95.0 Å². The molecule has 4 fully saturated rings. The number of non-ortho nitro benzene ring substituents is 2. The lowest BCUT2D eigenvalue weighted by molar-refractivity contribution is -0.385. The van der Waals surface area contributed by atoms with Gasteiger partial charge in [0.2, 0.25) is 0 Å². The Morgan fingerprint density at radius 3 is 1.20 bits per heavy atom. The van der Waals surface area contributed by atoms with Gasteiger partial charge in [-0.1, -0.05) is 85.6 Å². The monoisotopic (exact) mass is 2060 g/mol. The standard InChI is InChI=1S/C24H22FN7O7S.C18H17FN8O2.C18H19FN6O2.C10H11FN8O2.C6H4ClNO5S.S6/c1-2-17-19(30-40(36,37)39-16-10-8-15(9-11-16)32(34)35)18(25)24(38-17)31-13-28-20-21(26-12-27-22(20)31)29-23(33)14-6-4-3-5-7-14;1-2-11-13(25-26-20)12(19)18(29-11)27-9-23-14-15(21-8-22-16(14)27)24-17(28)10-6-4-3-5-7-10;1-2-11-13(20)12(19)18(27-11)25-9-23-14-15(21-8-22-16(14)25)24-17(26)10-6-4-3-5-7-10;11-5-6(17-18-13)4(1-20)21-10(5)19-3-16-7-8(12)14-2-15-9(7)19;7-14(11,12)13-6-3-1-5(2-4-6)8(9)10;1-3-5-6-4-2/h3-13,17-19,24,30H,2H2,1H3,(H,26,27,29,33);3-9,11-13,18H,2H2,1H3,(H,21,22,24,28);3-9,11-13,18H,2,20H2,1H3,(H,21,22,24,26);2-6,10,20H,1H2,(H2,12,14,15);1-4H;/t17-,18-,19-,24-;2*11-,12-,13-,18-;4-,5-,6-,10-;;/m1111../s1. The highest BCUT2D eigenvalue weighted by Gasteiger charge is 2.50. The number of rotatable bonds is 24. The number of nitrogens with one attached hydrogen (secondary N) is 4. The number of nitrogens with zero attached hydrogens (tertiary/aromatic N) is 24. The van der Waals surface area contributed by atoms with Crippen LogP contribution < -0.4 is 40.5 Å². The van der Waals surface area contributed by atoms with Crippen LogP contribution >= 0.6 is 10.7 Å². The Hall–Kier alpha value is -13.5. The van der Waals surface area contributed by atoms with Crippen molar-refractivity contribution < 1.29 is 91.0 Å². The minimum Gasteiger partial charge on any atom is -0.394 e. The van der Waals surface area contributed by atoms with Crippen LogP contribution in [0.4, 0.5) is 52.2 Å². The van der Waals surface area contributed by atoms with Crippen LogP contribution in [0.1, 0.15) is 96.0 Å². The summed E-state index contributed by atoms with van der Waals surface area (Å²) in [6, 6.07) is 30.6. The second kappa shape index (κ2) is 47.3. The van der Waals surface area contributed by atoms with Gasteiger partial charge in [-0.05, 0) is 91.0 Å². The molecule has 9 N–H and O–H groups in total. The molecule has 3 amide bonds. The third-order valence-corrected chi connectivity index (χ3v) is 28.5. The molecule has 0 spiro atoms. The minimum absolute atomic E-state index is 0.0781. The van der Waals surface area contributed by atoms with Gasteiger partial charge in [-0.25, -0.2) is 77.4 Å². The van der Waals surface area contributed by atoms with E-state index in [1.54, 1.807) is 85.8 Å². The Morgan fingerprint density at radius 2 is 0.839 bits per heavy atom.